The molecule has 1 amide bonds. The van der Waals surface area contributed by atoms with Gasteiger partial charge in [0.05, 0.1) is 17.6 Å². The van der Waals surface area contributed by atoms with Crippen molar-refractivity contribution in [3.8, 4) is 17.1 Å². The van der Waals surface area contributed by atoms with Gasteiger partial charge in [-0.1, -0.05) is 24.4 Å². The van der Waals surface area contributed by atoms with Crippen LogP contribution in [0, 0.1) is 0 Å². The number of hydrogen-bond acceptors (Lipinski definition) is 5. The first-order valence-corrected chi connectivity index (χ1v) is 8.35. The molecule has 0 bridgehead atoms. The van der Waals surface area contributed by atoms with Gasteiger partial charge in [0.1, 0.15) is 22.3 Å². The molecule has 23 heavy (non-hydrogen) atoms. The van der Waals surface area contributed by atoms with E-state index in [1.54, 1.807) is 18.1 Å². The molecule has 1 aliphatic heterocycles. The number of benzene rings is 1. The minimum Gasteiger partial charge on any atom is -0.496 e. The highest BCUT2D eigenvalue weighted by Crippen LogP contribution is 2.35. The molecule has 0 spiro atoms. The van der Waals surface area contributed by atoms with Crippen LogP contribution in [0.5, 0.6) is 5.75 Å². The normalized spacial score (nSPS) is 16.4. The molecule has 0 atom stereocenters. The van der Waals surface area contributed by atoms with Crippen molar-refractivity contribution in [3.63, 3.8) is 0 Å². The third kappa shape index (κ3) is 3.04. The fourth-order valence-electron chi connectivity index (χ4n) is 2.33. The average molecular weight is 345 g/mol. The number of nitrogens with zero attached hydrogens (tertiary/aromatic N) is 1. The maximum atomic E-state index is 11.8. The largest absolute Gasteiger partial charge is 0.496 e. The van der Waals surface area contributed by atoms with E-state index in [0.717, 1.165) is 28.0 Å². The van der Waals surface area contributed by atoms with Crippen molar-refractivity contribution in [1.82, 2.24) is 4.90 Å². The molecule has 6 heteroatoms. The Kier molecular flexibility index (Phi) is 4.54. The second-order valence-electron chi connectivity index (χ2n) is 4.83. The third-order valence-corrected chi connectivity index (χ3v) is 4.96. The summed E-state index contributed by atoms with van der Waals surface area (Å²) in [6, 6.07) is 11.4. The minimum absolute atomic E-state index is 0.0414. The van der Waals surface area contributed by atoms with Gasteiger partial charge >= 0.3 is 0 Å². The smallest absolute Gasteiger partial charge is 0.291 e. The molecule has 3 rings (SSSR count). The van der Waals surface area contributed by atoms with Crippen molar-refractivity contribution in [2.24, 2.45) is 0 Å². The number of methoxy groups -OCH3 is 1. The van der Waals surface area contributed by atoms with Gasteiger partial charge in [0.25, 0.3) is 5.24 Å². The molecule has 0 radical (unpaired) electrons. The van der Waals surface area contributed by atoms with E-state index in [9.17, 15) is 4.79 Å². The zero-order chi connectivity index (χ0) is 16.4. The Hall–Kier alpha value is -2.05. The van der Waals surface area contributed by atoms with Gasteiger partial charge in [-0.3, -0.25) is 9.69 Å². The van der Waals surface area contributed by atoms with E-state index < -0.39 is 0 Å². The molecular formula is C17H15NO3S2. The standard InChI is InChI=1S/C17H15NO3S2/c1-3-18-16(22)15(23-17(18)19)10-11-8-9-14(21-11)12-6-4-5-7-13(12)20-2/h4-10H,3H2,1-2H3. The molecular weight excluding hydrogens is 330 g/mol. The Balaban J connectivity index is 1.90. The van der Waals surface area contributed by atoms with Gasteiger partial charge in [-0.25, -0.2) is 0 Å². The van der Waals surface area contributed by atoms with E-state index in [4.69, 9.17) is 21.4 Å². The van der Waals surface area contributed by atoms with Crippen LogP contribution < -0.4 is 4.74 Å². The van der Waals surface area contributed by atoms with E-state index in [1.165, 1.54) is 0 Å². The number of amides is 1. The molecule has 118 valence electrons. The number of carbonyl (C=O) groups is 1. The van der Waals surface area contributed by atoms with Crippen LogP contribution in [0.15, 0.2) is 45.7 Å². The number of likely N-dealkylation sites (N-methyl/N-ethyl adjacent to an activating group) is 1. The van der Waals surface area contributed by atoms with Crippen molar-refractivity contribution in [1.29, 1.82) is 0 Å². The number of ether oxygens (including phenoxy) is 1. The Morgan fingerprint density at radius 1 is 1.30 bits per heavy atom. The number of furan rings is 1. The van der Waals surface area contributed by atoms with Crippen LogP contribution in [0.2, 0.25) is 0 Å². The molecule has 1 aromatic heterocycles. The number of hydrogen-bond donors (Lipinski definition) is 0. The molecule has 0 saturated carbocycles. The Bertz CT molecular complexity index is 795. The Morgan fingerprint density at radius 2 is 2.09 bits per heavy atom. The number of carbonyl (C=O) groups excluding carboxylic acids is 1. The van der Waals surface area contributed by atoms with Gasteiger partial charge in [0.15, 0.2) is 0 Å². The lowest BCUT2D eigenvalue weighted by molar-refractivity contribution is 0.247. The molecule has 1 fully saturated rings. The Labute approximate surface area is 144 Å². The predicted octanol–water partition coefficient (Wildman–Crippen LogP) is 4.81. The molecule has 1 aromatic carbocycles. The van der Waals surface area contributed by atoms with Gasteiger partial charge < -0.3 is 9.15 Å². The van der Waals surface area contributed by atoms with E-state index >= 15 is 0 Å². The van der Waals surface area contributed by atoms with Crippen LogP contribution in [-0.4, -0.2) is 28.8 Å². The van der Waals surface area contributed by atoms with Crippen LogP contribution in [0.3, 0.4) is 0 Å². The zero-order valence-electron chi connectivity index (χ0n) is 12.7. The summed E-state index contributed by atoms with van der Waals surface area (Å²) in [6.45, 7) is 2.48. The first-order valence-electron chi connectivity index (χ1n) is 7.12. The summed E-state index contributed by atoms with van der Waals surface area (Å²) in [5.74, 6) is 2.11. The van der Waals surface area contributed by atoms with Crippen LogP contribution in [0.1, 0.15) is 12.7 Å². The molecule has 2 aromatic rings. The molecule has 1 aliphatic rings. The lowest BCUT2D eigenvalue weighted by Gasteiger charge is -2.09. The van der Waals surface area contributed by atoms with E-state index in [0.29, 0.717) is 23.1 Å². The van der Waals surface area contributed by atoms with Crippen LogP contribution >= 0.6 is 24.0 Å². The van der Waals surface area contributed by atoms with Crippen molar-refractivity contribution in [2.45, 2.75) is 6.92 Å². The van der Waals surface area contributed by atoms with Crippen molar-refractivity contribution < 1.29 is 13.9 Å². The van der Waals surface area contributed by atoms with Gasteiger partial charge in [-0.2, -0.15) is 0 Å². The summed E-state index contributed by atoms with van der Waals surface area (Å²) < 4.78 is 11.2. The number of thioether (sulfide) groups is 1. The summed E-state index contributed by atoms with van der Waals surface area (Å²) in [7, 11) is 1.63. The summed E-state index contributed by atoms with van der Waals surface area (Å²) in [6.07, 6.45) is 1.81. The quantitative estimate of drug-likeness (QED) is 0.587. The molecule has 4 nitrogen and oxygen atoms in total. The highest BCUT2D eigenvalue weighted by Gasteiger charge is 2.30. The molecule has 1 saturated heterocycles. The highest BCUT2D eigenvalue weighted by atomic mass is 32.2. The fourth-order valence-corrected chi connectivity index (χ4v) is 3.67. The van der Waals surface area contributed by atoms with Gasteiger partial charge in [0, 0.05) is 6.54 Å². The molecule has 0 unspecified atom stereocenters. The summed E-state index contributed by atoms with van der Waals surface area (Å²) in [5.41, 5.74) is 0.882. The van der Waals surface area contributed by atoms with Crippen molar-refractivity contribution >= 4 is 40.3 Å². The molecule has 2 heterocycles. The SMILES string of the molecule is CCN1C(=O)SC(=Cc2ccc(-c3ccccc3OC)o2)C1=S. The summed E-state index contributed by atoms with van der Waals surface area (Å²) in [5, 5.41) is -0.0414. The van der Waals surface area contributed by atoms with E-state index in [2.05, 4.69) is 0 Å². The predicted molar refractivity (Wildman–Crippen MR) is 96.6 cm³/mol. The van der Waals surface area contributed by atoms with Crippen molar-refractivity contribution in [2.75, 3.05) is 13.7 Å². The van der Waals surface area contributed by atoms with Gasteiger partial charge in [-0.15, -0.1) is 0 Å². The maximum absolute atomic E-state index is 11.8. The number of rotatable bonds is 4. The second-order valence-corrected chi connectivity index (χ2v) is 6.21. The highest BCUT2D eigenvalue weighted by molar-refractivity contribution is 8.19. The third-order valence-electron chi connectivity index (χ3n) is 3.46. The van der Waals surface area contributed by atoms with Gasteiger partial charge in [-0.05, 0) is 49.0 Å². The summed E-state index contributed by atoms with van der Waals surface area (Å²) in [4.78, 5) is 14.7. The average Bonchev–Trinajstić information content (AvgIpc) is 3.12. The lowest BCUT2D eigenvalue weighted by Crippen LogP contribution is -2.26. The second kappa shape index (κ2) is 6.60. The minimum atomic E-state index is -0.0414. The zero-order valence-corrected chi connectivity index (χ0v) is 14.4. The molecule has 0 N–H and O–H groups in total. The fraction of sp³-hybridized carbons (Fsp3) is 0.176. The molecule has 0 aliphatic carbocycles. The van der Waals surface area contributed by atoms with E-state index in [-0.39, 0.29) is 5.24 Å². The Morgan fingerprint density at radius 3 is 2.78 bits per heavy atom. The first kappa shape index (κ1) is 15.8. The summed E-state index contributed by atoms with van der Waals surface area (Å²) >= 11 is 6.47. The van der Waals surface area contributed by atoms with Crippen LogP contribution in [0.25, 0.3) is 17.4 Å². The van der Waals surface area contributed by atoms with E-state index in [1.807, 2.05) is 43.3 Å². The van der Waals surface area contributed by atoms with Crippen LogP contribution in [0.4, 0.5) is 4.79 Å². The van der Waals surface area contributed by atoms with Crippen molar-refractivity contribution in [3.05, 3.63) is 47.1 Å². The number of para-hydroxylation sites is 1. The number of thiocarbonyl (C=S) groups is 1. The first-order chi connectivity index (χ1) is 11.1. The maximum Gasteiger partial charge on any atom is 0.291 e. The van der Waals surface area contributed by atoms with Crippen LogP contribution in [-0.2, 0) is 0 Å². The van der Waals surface area contributed by atoms with Gasteiger partial charge in [0.2, 0.25) is 0 Å². The monoisotopic (exact) mass is 345 g/mol. The lowest BCUT2D eigenvalue weighted by atomic mass is 10.1. The topological polar surface area (TPSA) is 42.7 Å².